The summed E-state index contributed by atoms with van der Waals surface area (Å²) in [6.45, 7) is 0. The number of amides is 1. The Kier molecular flexibility index (Phi) is 6.03. The molecule has 7 N–H and O–H groups in total. The van der Waals surface area contributed by atoms with Crippen LogP contribution in [0.1, 0.15) is 11.1 Å². The highest BCUT2D eigenvalue weighted by molar-refractivity contribution is 5.87. The first-order valence-electron chi connectivity index (χ1n) is 7.84. The van der Waals surface area contributed by atoms with Gasteiger partial charge in [-0.1, -0.05) is 18.2 Å². The molecule has 0 aliphatic carbocycles. The topological polar surface area (TPSA) is 153 Å². The third-order valence-corrected chi connectivity index (χ3v) is 3.82. The van der Waals surface area contributed by atoms with E-state index in [0.29, 0.717) is 11.1 Å². The highest BCUT2D eigenvalue weighted by atomic mass is 16.4. The number of hydrogen-bond acceptors (Lipinski definition) is 6. The Hall–Kier alpha value is -3.26. The standard InChI is InChI=1S/C18H20N2O6/c19-13(7-11-3-6-15(22)16(23)9-11)17(24)20-14(18(25)26)8-10-1-4-12(21)5-2-10/h1-6,9,13-14,21-23H,7-8,19H2,(H,20,24)(H,25,26)/t13-,14+/m1/s1. The second-order valence-electron chi connectivity index (χ2n) is 5.90. The molecular weight excluding hydrogens is 340 g/mol. The van der Waals surface area contributed by atoms with Crippen LogP contribution in [0.4, 0.5) is 0 Å². The molecule has 0 aromatic heterocycles. The lowest BCUT2D eigenvalue weighted by Crippen LogP contribution is -2.50. The van der Waals surface area contributed by atoms with E-state index < -0.39 is 24.0 Å². The molecule has 8 heteroatoms. The van der Waals surface area contributed by atoms with Gasteiger partial charge in [-0.2, -0.15) is 0 Å². The summed E-state index contributed by atoms with van der Waals surface area (Å²) < 4.78 is 0. The smallest absolute Gasteiger partial charge is 0.326 e. The number of carbonyl (C=O) groups excluding carboxylic acids is 1. The maximum Gasteiger partial charge on any atom is 0.326 e. The van der Waals surface area contributed by atoms with Crippen LogP contribution in [0.2, 0.25) is 0 Å². The van der Waals surface area contributed by atoms with E-state index in [4.69, 9.17) is 5.73 Å². The summed E-state index contributed by atoms with van der Waals surface area (Å²) in [5.41, 5.74) is 6.97. The molecule has 0 aliphatic rings. The van der Waals surface area contributed by atoms with Gasteiger partial charge < -0.3 is 31.5 Å². The van der Waals surface area contributed by atoms with Crippen molar-refractivity contribution < 1.29 is 30.0 Å². The Labute approximate surface area is 149 Å². The van der Waals surface area contributed by atoms with E-state index in [1.165, 1.54) is 30.3 Å². The Morgan fingerprint density at radius 2 is 1.54 bits per heavy atom. The molecule has 0 saturated heterocycles. The van der Waals surface area contributed by atoms with Gasteiger partial charge in [0.05, 0.1) is 6.04 Å². The predicted octanol–water partition coefficient (Wildman–Crippen LogP) is 0.485. The molecule has 2 aromatic rings. The number of carbonyl (C=O) groups is 2. The first kappa shape index (κ1) is 19.1. The van der Waals surface area contributed by atoms with Crippen LogP contribution in [0.25, 0.3) is 0 Å². The number of carboxylic acids is 1. The Bertz CT molecular complexity index is 791. The lowest BCUT2D eigenvalue weighted by atomic mass is 10.0. The number of carboxylic acid groups (broad SMARTS) is 1. The fourth-order valence-corrected chi connectivity index (χ4v) is 2.39. The van der Waals surface area contributed by atoms with E-state index in [9.17, 15) is 30.0 Å². The Morgan fingerprint density at radius 1 is 0.923 bits per heavy atom. The Morgan fingerprint density at radius 3 is 2.12 bits per heavy atom. The fourth-order valence-electron chi connectivity index (χ4n) is 2.39. The number of aliphatic carboxylic acids is 1. The van der Waals surface area contributed by atoms with Crippen molar-refractivity contribution in [3.8, 4) is 17.2 Å². The molecule has 138 valence electrons. The summed E-state index contributed by atoms with van der Waals surface area (Å²) in [6, 6.07) is 7.86. The summed E-state index contributed by atoms with van der Waals surface area (Å²) in [4.78, 5) is 23.6. The summed E-state index contributed by atoms with van der Waals surface area (Å²) in [5, 5.41) is 39.7. The van der Waals surface area contributed by atoms with Gasteiger partial charge in [0.1, 0.15) is 11.8 Å². The van der Waals surface area contributed by atoms with Crippen LogP contribution in [0.15, 0.2) is 42.5 Å². The van der Waals surface area contributed by atoms with Crippen LogP contribution in [-0.4, -0.2) is 44.4 Å². The fraction of sp³-hybridized carbons (Fsp3) is 0.222. The minimum atomic E-state index is -1.21. The highest BCUT2D eigenvalue weighted by Crippen LogP contribution is 2.25. The number of rotatable bonds is 7. The van der Waals surface area contributed by atoms with Crippen LogP contribution in [-0.2, 0) is 22.4 Å². The normalized spacial score (nSPS) is 13.0. The molecule has 0 fully saturated rings. The summed E-state index contributed by atoms with van der Waals surface area (Å²) >= 11 is 0. The molecule has 0 saturated carbocycles. The molecule has 2 aromatic carbocycles. The molecule has 0 heterocycles. The van der Waals surface area contributed by atoms with E-state index in [1.807, 2.05) is 0 Å². The zero-order valence-electron chi connectivity index (χ0n) is 13.8. The lowest BCUT2D eigenvalue weighted by molar-refractivity contribution is -0.141. The number of benzene rings is 2. The van der Waals surface area contributed by atoms with Crippen molar-refractivity contribution in [2.45, 2.75) is 24.9 Å². The number of hydrogen-bond donors (Lipinski definition) is 6. The maximum absolute atomic E-state index is 12.2. The van der Waals surface area contributed by atoms with Gasteiger partial charge in [-0.15, -0.1) is 0 Å². The number of nitrogens with two attached hydrogens (primary N) is 1. The van der Waals surface area contributed by atoms with Crippen LogP contribution in [0, 0.1) is 0 Å². The molecule has 1 amide bonds. The van der Waals surface area contributed by atoms with E-state index in [2.05, 4.69) is 5.32 Å². The quantitative estimate of drug-likeness (QED) is 0.393. The van der Waals surface area contributed by atoms with Gasteiger partial charge >= 0.3 is 5.97 Å². The second kappa shape index (κ2) is 8.21. The zero-order chi connectivity index (χ0) is 19.3. The average Bonchev–Trinajstić information content (AvgIpc) is 2.59. The molecule has 0 bridgehead atoms. The van der Waals surface area contributed by atoms with E-state index in [-0.39, 0.29) is 30.1 Å². The average molecular weight is 360 g/mol. The third-order valence-electron chi connectivity index (χ3n) is 3.82. The van der Waals surface area contributed by atoms with Gasteiger partial charge in [-0.05, 0) is 41.8 Å². The molecule has 2 atom stereocenters. The van der Waals surface area contributed by atoms with Crippen LogP contribution < -0.4 is 11.1 Å². The van der Waals surface area contributed by atoms with Crippen molar-refractivity contribution in [1.82, 2.24) is 5.32 Å². The van der Waals surface area contributed by atoms with E-state index in [0.717, 1.165) is 0 Å². The van der Waals surface area contributed by atoms with Gasteiger partial charge in [0, 0.05) is 6.42 Å². The molecule has 0 unspecified atom stereocenters. The van der Waals surface area contributed by atoms with Gasteiger partial charge in [0.25, 0.3) is 0 Å². The van der Waals surface area contributed by atoms with Crippen LogP contribution in [0.3, 0.4) is 0 Å². The molecule has 26 heavy (non-hydrogen) atoms. The number of nitrogens with one attached hydrogen (secondary N) is 1. The van der Waals surface area contributed by atoms with Gasteiger partial charge in [0.15, 0.2) is 11.5 Å². The lowest BCUT2D eigenvalue weighted by Gasteiger charge is -2.18. The van der Waals surface area contributed by atoms with Crippen molar-refractivity contribution in [3.05, 3.63) is 53.6 Å². The summed E-state index contributed by atoms with van der Waals surface area (Å²) in [5.74, 6) is -2.41. The maximum atomic E-state index is 12.2. The van der Waals surface area contributed by atoms with Crippen LogP contribution in [0.5, 0.6) is 17.2 Å². The highest BCUT2D eigenvalue weighted by Gasteiger charge is 2.24. The predicted molar refractivity (Wildman–Crippen MR) is 92.8 cm³/mol. The molecule has 0 aliphatic heterocycles. The van der Waals surface area contributed by atoms with Gasteiger partial charge in [-0.3, -0.25) is 4.79 Å². The van der Waals surface area contributed by atoms with Crippen LogP contribution >= 0.6 is 0 Å². The zero-order valence-corrected chi connectivity index (χ0v) is 13.8. The minimum absolute atomic E-state index is 0.0358. The Balaban J connectivity index is 2.00. The van der Waals surface area contributed by atoms with Crippen molar-refractivity contribution in [2.24, 2.45) is 5.73 Å². The number of phenolic OH excluding ortho intramolecular Hbond substituents is 3. The molecule has 0 radical (unpaired) electrons. The summed E-state index contributed by atoms with van der Waals surface area (Å²) in [7, 11) is 0. The largest absolute Gasteiger partial charge is 0.508 e. The van der Waals surface area contributed by atoms with Gasteiger partial charge in [-0.25, -0.2) is 4.79 Å². The van der Waals surface area contributed by atoms with E-state index in [1.54, 1.807) is 12.1 Å². The first-order valence-corrected chi connectivity index (χ1v) is 7.84. The van der Waals surface area contributed by atoms with Gasteiger partial charge in [0.2, 0.25) is 5.91 Å². The molecular formula is C18H20N2O6. The van der Waals surface area contributed by atoms with E-state index >= 15 is 0 Å². The number of aromatic hydroxyl groups is 3. The minimum Gasteiger partial charge on any atom is -0.508 e. The second-order valence-corrected chi connectivity index (χ2v) is 5.90. The molecule has 2 rings (SSSR count). The molecule has 8 nitrogen and oxygen atoms in total. The first-order chi connectivity index (χ1) is 12.3. The van der Waals surface area contributed by atoms with Crippen molar-refractivity contribution in [2.75, 3.05) is 0 Å². The van der Waals surface area contributed by atoms with Crippen molar-refractivity contribution in [3.63, 3.8) is 0 Å². The summed E-state index contributed by atoms with van der Waals surface area (Å²) in [6.07, 6.45) is 0.0965. The third kappa shape index (κ3) is 5.12. The van der Waals surface area contributed by atoms with Crippen molar-refractivity contribution in [1.29, 1.82) is 0 Å². The number of phenols is 3. The SMILES string of the molecule is N[C@H](Cc1ccc(O)c(O)c1)C(=O)N[C@@H](Cc1ccc(O)cc1)C(=O)O. The van der Waals surface area contributed by atoms with Crippen molar-refractivity contribution >= 4 is 11.9 Å². The monoisotopic (exact) mass is 360 g/mol. The molecule has 0 spiro atoms.